The van der Waals surface area contributed by atoms with E-state index in [1.54, 1.807) is 7.05 Å². The zero-order valence-electron chi connectivity index (χ0n) is 14.2. The van der Waals surface area contributed by atoms with Gasteiger partial charge in [-0.1, -0.05) is 72.8 Å². The minimum atomic E-state index is -0.953. The van der Waals surface area contributed by atoms with Crippen molar-refractivity contribution in [2.45, 2.75) is 12.0 Å². The predicted molar refractivity (Wildman–Crippen MR) is 101 cm³/mol. The van der Waals surface area contributed by atoms with Crippen LogP contribution < -0.4 is 5.73 Å². The molecular formula is C21H22N2O2. The highest BCUT2D eigenvalue weighted by molar-refractivity contribution is 5.83. The van der Waals surface area contributed by atoms with Crippen LogP contribution in [0.4, 0.5) is 4.79 Å². The molecule has 3 aromatic carbocycles. The largest absolute Gasteiger partial charge is 0.465 e. The van der Waals surface area contributed by atoms with E-state index >= 15 is 0 Å². The molecule has 3 N–H and O–H groups in total. The fraction of sp³-hybridized carbons (Fsp3) is 0.190. The number of nitrogens with zero attached hydrogens (tertiary/aromatic N) is 1. The Hall–Kier alpha value is -2.85. The lowest BCUT2D eigenvalue weighted by Gasteiger charge is -2.28. The van der Waals surface area contributed by atoms with Crippen molar-refractivity contribution in [3.05, 3.63) is 83.9 Å². The summed E-state index contributed by atoms with van der Waals surface area (Å²) in [7, 11) is 1.58. The lowest BCUT2D eigenvalue weighted by atomic mass is 9.86. The summed E-state index contributed by atoms with van der Waals surface area (Å²) in [5.41, 5.74) is 8.59. The van der Waals surface area contributed by atoms with Crippen molar-refractivity contribution in [2.24, 2.45) is 5.73 Å². The van der Waals surface area contributed by atoms with Crippen molar-refractivity contribution in [3.63, 3.8) is 0 Å². The lowest BCUT2D eigenvalue weighted by Crippen LogP contribution is -2.34. The molecule has 0 aliphatic heterocycles. The van der Waals surface area contributed by atoms with Gasteiger partial charge >= 0.3 is 6.09 Å². The topological polar surface area (TPSA) is 66.6 Å². The lowest BCUT2D eigenvalue weighted by molar-refractivity contribution is 0.152. The van der Waals surface area contributed by atoms with Gasteiger partial charge < -0.3 is 15.7 Å². The van der Waals surface area contributed by atoms with Gasteiger partial charge in [-0.2, -0.15) is 0 Å². The molecule has 25 heavy (non-hydrogen) atoms. The highest BCUT2D eigenvalue weighted by Crippen LogP contribution is 2.31. The molecule has 2 atom stereocenters. The van der Waals surface area contributed by atoms with Crippen LogP contribution >= 0.6 is 0 Å². The van der Waals surface area contributed by atoms with Crippen LogP contribution in [-0.4, -0.2) is 29.7 Å². The van der Waals surface area contributed by atoms with E-state index in [4.69, 9.17) is 5.73 Å². The SMILES string of the molecule is CN(C[C@H](c1ccc2ccccc2c1)[C@H](N)c1ccccc1)C(=O)O. The Morgan fingerprint density at radius 2 is 1.60 bits per heavy atom. The summed E-state index contributed by atoms with van der Waals surface area (Å²) < 4.78 is 0. The van der Waals surface area contributed by atoms with Crippen LogP contribution in [0.15, 0.2) is 72.8 Å². The molecule has 0 spiro atoms. The van der Waals surface area contributed by atoms with Gasteiger partial charge in [0.05, 0.1) is 0 Å². The van der Waals surface area contributed by atoms with E-state index in [0.717, 1.165) is 21.9 Å². The maximum Gasteiger partial charge on any atom is 0.407 e. The van der Waals surface area contributed by atoms with Gasteiger partial charge in [-0.15, -0.1) is 0 Å². The Morgan fingerprint density at radius 3 is 2.28 bits per heavy atom. The minimum Gasteiger partial charge on any atom is -0.465 e. The number of rotatable bonds is 5. The van der Waals surface area contributed by atoms with Crippen molar-refractivity contribution in [2.75, 3.05) is 13.6 Å². The first-order valence-electron chi connectivity index (χ1n) is 8.29. The van der Waals surface area contributed by atoms with Crippen LogP contribution in [0.1, 0.15) is 23.1 Å². The zero-order valence-corrected chi connectivity index (χ0v) is 14.2. The summed E-state index contributed by atoms with van der Waals surface area (Å²) in [6, 6.07) is 23.9. The predicted octanol–water partition coefficient (Wildman–Crippen LogP) is 4.23. The van der Waals surface area contributed by atoms with E-state index in [1.165, 1.54) is 4.90 Å². The molecule has 0 aliphatic rings. The number of fused-ring (bicyclic) bond motifs is 1. The summed E-state index contributed by atoms with van der Waals surface area (Å²) >= 11 is 0. The molecule has 0 fully saturated rings. The number of hydrogen-bond donors (Lipinski definition) is 2. The Balaban J connectivity index is 2.00. The number of hydrogen-bond acceptors (Lipinski definition) is 2. The Morgan fingerprint density at radius 1 is 0.960 bits per heavy atom. The van der Waals surface area contributed by atoms with Crippen LogP contribution in [0.25, 0.3) is 10.8 Å². The molecule has 0 aromatic heterocycles. The Bertz CT molecular complexity index is 864. The fourth-order valence-corrected chi connectivity index (χ4v) is 3.15. The molecule has 4 nitrogen and oxygen atoms in total. The van der Waals surface area contributed by atoms with Crippen LogP contribution in [-0.2, 0) is 0 Å². The Kier molecular flexibility index (Phi) is 5.00. The van der Waals surface area contributed by atoms with Crippen molar-refractivity contribution in [1.29, 1.82) is 0 Å². The van der Waals surface area contributed by atoms with E-state index in [2.05, 4.69) is 24.3 Å². The standard InChI is InChI=1S/C21H22N2O2/c1-23(21(24)25)14-19(20(22)16-8-3-2-4-9-16)18-12-11-15-7-5-6-10-17(15)13-18/h2-13,19-20H,14,22H2,1H3,(H,24,25)/t19-,20-/m1/s1. The third-order valence-electron chi connectivity index (χ3n) is 4.62. The maximum atomic E-state index is 11.3. The average molecular weight is 334 g/mol. The van der Waals surface area contributed by atoms with Crippen LogP contribution in [0.3, 0.4) is 0 Å². The van der Waals surface area contributed by atoms with Gasteiger partial charge in [-0.05, 0) is 21.9 Å². The first-order valence-corrected chi connectivity index (χ1v) is 8.29. The zero-order chi connectivity index (χ0) is 17.8. The molecule has 4 heteroatoms. The molecule has 0 unspecified atom stereocenters. The molecule has 1 amide bonds. The molecule has 0 saturated carbocycles. The maximum absolute atomic E-state index is 11.3. The third-order valence-corrected chi connectivity index (χ3v) is 4.62. The number of nitrogens with two attached hydrogens (primary N) is 1. The molecule has 0 saturated heterocycles. The number of benzene rings is 3. The van der Waals surface area contributed by atoms with Crippen LogP contribution in [0.5, 0.6) is 0 Å². The molecule has 3 aromatic rings. The first kappa shape index (κ1) is 17.0. The van der Waals surface area contributed by atoms with Gasteiger partial charge in [-0.3, -0.25) is 0 Å². The van der Waals surface area contributed by atoms with Crippen molar-refractivity contribution in [3.8, 4) is 0 Å². The normalized spacial score (nSPS) is 13.4. The summed E-state index contributed by atoms with van der Waals surface area (Å²) in [4.78, 5) is 12.6. The molecule has 0 aliphatic carbocycles. The van der Waals surface area contributed by atoms with Crippen LogP contribution in [0, 0.1) is 0 Å². The van der Waals surface area contributed by atoms with Gasteiger partial charge in [0.15, 0.2) is 0 Å². The van der Waals surface area contributed by atoms with Gasteiger partial charge in [0.2, 0.25) is 0 Å². The summed E-state index contributed by atoms with van der Waals surface area (Å²) in [5, 5.41) is 11.6. The molecular weight excluding hydrogens is 312 g/mol. The second-order valence-corrected chi connectivity index (χ2v) is 6.31. The van der Waals surface area contributed by atoms with E-state index in [-0.39, 0.29) is 12.0 Å². The van der Waals surface area contributed by atoms with Crippen molar-refractivity contribution in [1.82, 2.24) is 4.90 Å². The van der Waals surface area contributed by atoms with E-state index < -0.39 is 6.09 Å². The third kappa shape index (κ3) is 3.80. The molecule has 0 radical (unpaired) electrons. The fourth-order valence-electron chi connectivity index (χ4n) is 3.15. The second kappa shape index (κ2) is 7.36. The first-order chi connectivity index (χ1) is 12.1. The smallest absolute Gasteiger partial charge is 0.407 e. The number of carbonyl (C=O) groups is 1. The van der Waals surface area contributed by atoms with Gasteiger partial charge in [0, 0.05) is 25.6 Å². The van der Waals surface area contributed by atoms with E-state index in [9.17, 15) is 9.90 Å². The van der Waals surface area contributed by atoms with Gasteiger partial charge in [0.25, 0.3) is 0 Å². The van der Waals surface area contributed by atoms with E-state index in [0.29, 0.717) is 6.54 Å². The Labute approximate surface area is 147 Å². The molecule has 0 heterocycles. The van der Waals surface area contributed by atoms with Crippen molar-refractivity contribution >= 4 is 16.9 Å². The van der Waals surface area contributed by atoms with E-state index in [1.807, 2.05) is 48.5 Å². The highest BCUT2D eigenvalue weighted by atomic mass is 16.4. The van der Waals surface area contributed by atoms with Gasteiger partial charge in [-0.25, -0.2) is 4.79 Å². The molecule has 128 valence electrons. The minimum absolute atomic E-state index is 0.131. The number of carboxylic acid groups (broad SMARTS) is 1. The summed E-state index contributed by atoms with van der Waals surface area (Å²) in [5.74, 6) is -0.131. The average Bonchev–Trinajstić information content (AvgIpc) is 2.65. The highest BCUT2D eigenvalue weighted by Gasteiger charge is 2.24. The van der Waals surface area contributed by atoms with Crippen LogP contribution in [0.2, 0.25) is 0 Å². The summed E-state index contributed by atoms with van der Waals surface area (Å²) in [6.07, 6.45) is -0.953. The number of amides is 1. The molecule has 3 rings (SSSR count). The quantitative estimate of drug-likeness (QED) is 0.733. The second-order valence-electron chi connectivity index (χ2n) is 6.31. The van der Waals surface area contributed by atoms with Crippen molar-refractivity contribution < 1.29 is 9.90 Å². The molecule has 0 bridgehead atoms. The van der Waals surface area contributed by atoms with Gasteiger partial charge in [0.1, 0.15) is 0 Å². The summed E-state index contributed by atoms with van der Waals surface area (Å²) in [6.45, 7) is 0.337. The monoisotopic (exact) mass is 334 g/mol. The number of likely N-dealkylation sites (N-methyl/N-ethyl adjacent to an activating group) is 1.